The Bertz CT molecular complexity index is 1830. The smallest absolute Gasteiger partial charge is 0.335 e. The number of sulfone groups is 1. The first-order valence-electron chi connectivity index (χ1n) is 21.6. The molecule has 10 heteroatoms. The van der Waals surface area contributed by atoms with Gasteiger partial charge < -0.3 is 20.4 Å². The van der Waals surface area contributed by atoms with Crippen LogP contribution in [0.4, 0.5) is 4.79 Å². The van der Waals surface area contributed by atoms with Crippen molar-refractivity contribution in [2.75, 3.05) is 50.8 Å². The van der Waals surface area contributed by atoms with Crippen LogP contribution in [0.3, 0.4) is 0 Å². The van der Waals surface area contributed by atoms with Gasteiger partial charge in [-0.05, 0) is 146 Å². The van der Waals surface area contributed by atoms with Gasteiger partial charge in [-0.15, -0.1) is 0 Å². The Kier molecular flexibility index (Phi) is 11.0. The molecule has 1 heterocycles. The van der Waals surface area contributed by atoms with E-state index in [0.717, 1.165) is 44.1 Å². The molecule has 0 radical (unpaired) electrons. The van der Waals surface area contributed by atoms with E-state index in [1.165, 1.54) is 30.4 Å². The number of hydrogen-bond acceptors (Lipinski definition) is 6. The van der Waals surface area contributed by atoms with Gasteiger partial charge in [-0.25, -0.2) is 18.0 Å². The fourth-order valence-electron chi connectivity index (χ4n) is 14.4. The SMILES string of the molecule is C=C(C)C1CCC2(NC(=O)N(CCCO)CCN3CCS(=O)(=O)CC3)CCC3(C)C(CCC4C5(C)CC=C(c6ccc(C(=O)O)cc6)C(C)(C)C5CCC43C)C12. The van der Waals surface area contributed by atoms with Crippen LogP contribution in [0.1, 0.15) is 122 Å². The first kappa shape index (κ1) is 41.5. The molecule has 3 N–H and O–H groups in total. The van der Waals surface area contributed by atoms with E-state index in [4.69, 9.17) is 0 Å². The molecule has 9 nitrogen and oxygen atoms in total. The quantitative estimate of drug-likeness (QED) is 0.206. The van der Waals surface area contributed by atoms with Crippen molar-refractivity contribution < 1.29 is 28.2 Å². The predicted octanol–water partition coefficient (Wildman–Crippen LogP) is 7.91. The minimum atomic E-state index is -2.98. The van der Waals surface area contributed by atoms with Crippen molar-refractivity contribution in [3.05, 3.63) is 53.6 Å². The summed E-state index contributed by atoms with van der Waals surface area (Å²) in [6.45, 7) is 22.1. The Labute approximate surface area is 336 Å². The number of allylic oxidation sites excluding steroid dienone is 3. The van der Waals surface area contributed by atoms with Crippen LogP contribution in [0.15, 0.2) is 42.5 Å². The van der Waals surface area contributed by atoms with Crippen molar-refractivity contribution in [1.29, 1.82) is 0 Å². The lowest BCUT2D eigenvalue weighted by Gasteiger charge is -2.72. The third-order valence-corrected chi connectivity index (χ3v) is 19.0. The zero-order valence-corrected chi connectivity index (χ0v) is 35.9. The number of nitrogens with one attached hydrogen (secondary N) is 1. The monoisotopic (exact) mass is 791 g/mol. The lowest BCUT2D eigenvalue weighted by atomic mass is 9.33. The number of fused-ring (bicyclic) bond motifs is 7. The van der Waals surface area contributed by atoms with Crippen LogP contribution in [-0.2, 0) is 9.84 Å². The van der Waals surface area contributed by atoms with E-state index in [1.807, 2.05) is 17.0 Å². The number of carbonyl (C=O) groups is 2. The first-order chi connectivity index (χ1) is 26.3. The number of aliphatic hydroxyl groups excluding tert-OH is 1. The van der Waals surface area contributed by atoms with Gasteiger partial charge in [0.25, 0.3) is 0 Å². The van der Waals surface area contributed by atoms with Gasteiger partial charge in [0.1, 0.15) is 0 Å². The number of hydrogen-bond donors (Lipinski definition) is 3. The van der Waals surface area contributed by atoms with Crippen LogP contribution in [0.5, 0.6) is 0 Å². The molecule has 5 fully saturated rings. The molecule has 9 atom stereocenters. The average molecular weight is 792 g/mol. The van der Waals surface area contributed by atoms with Gasteiger partial charge in [0, 0.05) is 44.9 Å². The van der Waals surface area contributed by atoms with Crippen molar-refractivity contribution >= 4 is 27.4 Å². The highest BCUT2D eigenvalue weighted by molar-refractivity contribution is 7.91. The number of aromatic carboxylic acids is 1. The summed E-state index contributed by atoms with van der Waals surface area (Å²) in [5.74, 6) is 1.69. The van der Waals surface area contributed by atoms with E-state index < -0.39 is 15.8 Å². The molecule has 0 spiro atoms. The van der Waals surface area contributed by atoms with Crippen LogP contribution >= 0.6 is 0 Å². The maximum absolute atomic E-state index is 14.4. The zero-order valence-electron chi connectivity index (χ0n) is 35.0. The van der Waals surface area contributed by atoms with Crippen LogP contribution in [0.25, 0.3) is 5.57 Å². The molecular weight excluding hydrogens is 723 g/mol. The Balaban J connectivity index is 1.14. The van der Waals surface area contributed by atoms with Crippen molar-refractivity contribution in [3.8, 4) is 0 Å². The van der Waals surface area contributed by atoms with E-state index >= 15 is 0 Å². The fraction of sp³-hybridized carbons (Fsp3) is 0.739. The molecule has 310 valence electrons. The van der Waals surface area contributed by atoms with E-state index in [2.05, 4.69) is 64.4 Å². The van der Waals surface area contributed by atoms with Crippen LogP contribution < -0.4 is 5.32 Å². The standard InChI is InChI=1S/C46H69N3O6S/c1-31(2)34-15-20-46(47-41(53)49(23-8-28-50)25-24-48-26-29-56(54,55)30-27-48)22-21-44(6)36(39(34)46)13-14-38-43(5)18-16-35(32-9-11-33(12-10-32)40(51)52)42(3,4)37(43)17-19-45(38,44)7/h9-12,16,34,36-39,50H,1,8,13-15,17-30H2,2-7H3,(H,47,53)(H,51,52). The molecule has 7 rings (SSSR count). The maximum atomic E-state index is 14.4. The van der Waals surface area contributed by atoms with Crippen LogP contribution in [0, 0.1) is 51.2 Å². The maximum Gasteiger partial charge on any atom is 0.335 e. The Morgan fingerprint density at radius 1 is 0.911 bits per heavy atom. The number of nitrogens with zero attached hydrogens (tertiary/aromatic N) is 2. The summed E-state index contributed by atoms with van der Waals surface area (Å²) in [6.07, 6.45) is 12.8. The lowest BCUT2D eigenvalue weighted by molar-refractivity contribution is -0.218. The van der Waals surface area contributed by atoms with Gasteiger partial charge in [-0.3, -0.25) is 4.90 Å². The molecule has 56 heavy (non-hydrogen) atoms. The summed E-state index contributed by atoms with van der Waals surface area (Å²) in [5.41, 5.74) is 4.12. The summed E-state index contributed by atoms with van der Waals surface area (Å²) in [4.78, 5) is 30.1. The number of amides is 2. The second-order valence-electron chi connectivity index (χ2n) is 20.3. The summed E-state index contributed by atoms with van der Waals surface area (Å²) in [7, 11) is -2.98. The molecule has 5 aliphatic carbocycles. The molecule has 4 saturated carbocycles. The molecule has 1 aliphatic heterocycles. The zero-order chi connectivity index (χ0) is 40.5. The number of carboxylic acids is 1. The third kappa shape index (κ3) is 6.79. The number of benzene rings is 1. The highest BCUT2D eigenvalue weighted by Gasteiger charge is 2.70. The Morgan fingerprint density at radius 3 is 2.25 bits per heavy atom. The Hall–Kier alpha value is -2.69. The van der Waals surface area contributed by atoms with Crippen LogP contribution in [-0.4, -0.2) is 96.8 Å². The minimum absolute atomic E-state index is 0.0192. The van der Waals surface area contributed by atoms with Gasteiger partial charge in [-0.2, -0.15) is 0 Å². The number of carbonyl (C=O) groups excluding carboxylic acids is 1. The highest BCUT2D eigenvalue weighted by atomic mass is 32.2. The number of urea groups is 1. The van der Waals surface area contributed by atoms with Crippen molar-refractivity contribution in [2.24, 2.45) is 51.2 Å². The van der Waals surface area contributed by atoms with Crippen molar-refractivity contribution in [1.82, 2.24) is 15.1 Å². The number of aliphatic hydroxyl groups is 1. The molecule has 0 bridgehead atoms. The van der Waals surface area contributed by atoms with Gasteiger partial charge in [0.05, 0.1) is 17.1 Å². The molecule has 9 unspecified atom stereocenters. The lowest BCUT2D eigenvalue weighted by Crippen LogP contribution is -2.69. The van der Waals surface area contributed by atoms with Crippen LogP contribution in [0.2, 0.25) is 0 Å². The summed E-state index contributed by atoms with van der Waals surface area (Å²) in [5, 5.41) is 23.0. The second kappa shape index (κ2) is 14.8. The number of rotatable bonds is 10. The summed E-state index contributed by atoms with van der Waals surface area (Å²) < 4.78 is 24.1. The van der Waals surface area contributed by atoms with E-state index in [1.54, 1.807) is 12.1 Å². The molecule has 2 amide bonds. The highest BCUT2D eigenvalue weighted by Crippen LogP contribution is 2.76. The predicted molar refractivity (Wildman–Crippen MR) is 223 cm³/mol. The van der Waals surface area contributed by atoms with Gasteiger partial charge in [-0.1, -0.05) is 65.0 Å². The normalized spacial score (nSPS) is 38.6. The van der Waals surface area contributed by atoms with Gasteiger partial charge in [0.15, 0.2) is 9.84 Å². The van der Waals surface area contributed by atoms with Gasteiger partial charge in [0.2, 0.25) is 0 Å². The van der Waals surface area contributed by atoms with E-state index in [9.17, 15) is 28.2 Å². The van der Waals surface area contributed by atoms with Crippen molar-refractivity contribution in [3.63, 3.8) is 0 Å². The molecule has 6 aliphatic rings. The largest absolute Gasteiger partial charge is 0.478 e. The molecule has 0 aromatic heterocycles. The second-order valence-corrected chi connectivity index (χ2v) is 22.6. The topological polar surface area (TPSA) is 127 Å². The average Bonchev–Trinajstić information content (AvgIpc) is 3.52. The van der Waals surface area contributed by atoms with E-state index in [0.29, 0.717) is 74.3 Å². The Morgan fingerprint density at radius 2 is 1.61 bits per heavy atom. The first-order valence-corrected chi connectivity index (χ1v) is 23.4. The van der Waals surface area contributed by atoms with Crippen molar-refractivity contribution in [2.45, 2.75) is 111 Å². The molecule has 1 aromatic carbocycles. The third-order valence-electron chi connectivity index (χ3n) is 17.4. The molecular formula is C46H69N3O6S. The molecule has 1 saturated heterocycles. The van der Waals surface area contributed by atoms with E-state index in [-0.39, 0.29) is 51.3 Å². The van der Waals surface area contributed by atoms with Gasteiger partial charge >= 0.3 is 12.0 Å². The number of carboxylic acid groups (broad SMARTS) is 1. The summed E-state index contributed by atoms with van der Waals surface area (Å²) >= 11 is 0. The molecule has 1 aromatic rings. The summed E-state index contributed by atoms with van der Waals surface area (Å²) in [6, 6.07) is 7.44. The minimum Gasteiger partial charge on any atom is -0.478 e. The fourth-order valence-corrected chi connectivity index (χ4v) is 15.6.